The summed E-state index contributed by atoms with van der Waals surface area (Å²) in [4.78, 5) is 10.9. The molecule has 0 saturated heterocycles. The summed E-state index contributed by atoms with van der Waals surface area (Å²) >= 11 is 3.28. The second-order valence-electron chi connectivity index (χ2n) is 2.45. The van der Waals surface area contributed by atoms with Gasteiger partial charge in [-0.2, -0.15) is 0 Å². The lowest BCUT2D eigenvalue weighted by molar-refractivity contribution is -0.125. The molecule has 0 heterocycles. The van der Waals surface area contributed by atoms with Gasteiger partial charge in [-0.05, 0) is 12.8 Å². The third-order valence-electron chi connectivity index (χ3n) is 1.23. The van der Waals surface area contributed by atoms with E-state index in [1.54, 1.807) is 0 Å². The van der Waals surface area contributed by atoms with E-state index in [-0.39, 0.29) is 12.5 Å². The lowest BCUT2D eigenvalue weighted by Gasteiger charge is -2.03. The summed E-state index contributed by atoms with van der Waals surface area (Å²) in [6, 6.07) is 0. The van der Waals surface area contributed by atoms with Crippen LogP contribution < -0.4 is 5.32 Å². The quantitative estimate of drug-likeness (QED) is 0.536. The fraction of sp³-hybridized carbons (Fsp3) is 0.875. The van der Waals surface area contributed by atoms with Crippen molar-refractivity contribution in [2.45, 2.75) is 19.8 Å². The molecular formula is C8H16BrNO2. The standard InChI is InChI=1S/C8H16BrNO2/c1-2-5-10-8(11)7-12-6-3-4-9/h2-7H2,1H3,(H,10,11). The number of carbonyl (C=O) groups excluding carboxylic acids is 1. The van der Waals surface area contributed by atoms with Crippen molar-refractivity contribution in [2.75, 3.05) is 25.1 Å². The molecule has 72 valence electrons. The predicted octanol–water partition coefficient (Wildman–Crippen LogP) is 1.31. The van der Waals surface area contributed by atoms with Gasteiger partial charge in [0.05, 0.1) is 0 Å². The molecule has 12 heavy (non-hydrogen) atoms. The van der Waals surface area contributed by atoms with Crippen molar-refractivity contribution in [3.05, 3.63) is 0 Å². The first-order chi connectivity index (χ1) is 5.81. The van der Waals surface area contributed by atoms with Crippen molar-refractivity contribution in [3.63, 3.8) is 0 Å². The Morgan fingerprint density at radius 3 is 2.92 bits per heavy atom. The number of carbonyl (C=O) groups is 1. The van der Waals surface area contributed by atoms with Crippen LogP contribution in [0.25, 0.3) is 0 Å². The topological polar surface area (TPSA) is 38.3 Å². The first kappa shape index (κ1) is 11.9. The van der Waals surface area contributed by atoms with Crippen molar-refractivity contribution >= 4 is 21.8 Å². The third-order valence-corrected chi connectivity index (χ3v) is 1.79. The molecule has 3 nitrogen and oxygen atoms in total. The molecule has 0 aliphatic carbocycles. The molecule has 0 radical (unpaired) electrons. The second-order valence-corrected chi connectivity index (χ2v) is 3.24. The summed E-state index contributed by atoms with van der Waals surface area (Å²) in [5.74, 6) is -0.0218. The van der Waals surface area contributed by atoms with E-state index >= 15 is 0 Å². The molecule has 0 aliphatic heterocycles. The first-order valence-corrected chi connectivity index (χ1v) is 5.33. The summed E-state index contributed by atoms with van der Waals surface area (Å²) in [7, 11) is 0. The summed E-state index contributed by atoms with van der Waals surface area (Å²) in [6.45, 7) is 3.59. The number of ether oxygens (including phenoxy) is 1. The molecule has 0 saturated carbocycles. The van der Waals surface area contributed by atoms with Crippen LogP contribution in [0, 0.1) is 0 Å². The van der Waals surface area contributed by atoms with Crippen LogP contribution >= 0.6 is 15.9 Å². The largest absolute Gasteiger partial charge is 0.372 e. The minimum Gasteiger partial charge on any atom is -0.372 e. The summed E-state index contributed by atoms with van der Waals surface area (Å²) in [5, 5.41) is 3.65. The van der Waals surface area contributed by atoms with Crippen molar-refractivity contribution < 1.29 is 9.53 Å². The van der Waals surface area contributed by atoms with Crippen LogP contribution in [0.5, 0.6) is 0 Å². The van der Waals surface area contributed by atoms with Crippen LogP contribution in [-0.2, 0) is 9.53 Å². The van der Waals surface area contributed by atoms with E-state index in [4.69, 9.17) is 4.74 Å². The minimum atomic E-state index is -0.0218. The Morgan fingerprint density at radius 2 is 2.33 bits per heavy atom. The number of alkyl halides is 1. The molecule has 4 heteroatoms. The number of amides is 1. The minimum absolute atomic E-state index is 0.0218. The number of hydrogen-bond donors (Lipinski definition) is 1. The Labute approximate surface area is 82.0 Å². The average Bonchev–Trinajstić information content (AvgIpc) is 2.09. The molecule has 0 aromatic heterocycles. The number of hydrogen-bond acceptors (Lipinski definition) is 2. The maximum absolute atomic E-state index is 10.9. The van der Waals surface area contributed by atoms with Crippen LogP contribution in [0.3, 0.4) is 0 Å². The summed E-state index contributed by atoms with van der Waals surface area (Å²) < 4.78 is 5.09. The summed E-state index contributed by atoms with van der Waals surface area (Å²) in [6.07, 6.45) is 1.91. The molecule has 0 spiro atoms. The highest BCUT2D eigenvalue weighted by Crippen LogP contribution is 1.88. The van der Waals surface area contributed by atoms with Crippen LogP contribution in [-0.4, -0.2) is 31.0 Å². The van der Waals surface area contributed by atoms with Gasteiger partial charge in [0.15, 0.2) is 0 Å². The van der Waals surface area contributed by atoms with Crippen LogP contribution in [0.2, 0.25) is 0 Å². The molecule has 0 aliphatic rings. The van der Waals surface area contributed by atoms with Gasteiger partial charge < -0.3 is 10.1 Å². The second kappa shape index (κ2) is 9.00. The van der Waals surface area contributed by atoms with E-state index in [0.717, 1.165) is 24.7 Å². The molecule has 1 amide bonds. The van der Waals surface area contributed by atoms with E-state index in [1.165, 1.54) is 0 Å². The monoisotopic (exact) mass is 237 g/mol. The van der Waals surface area contributed by atoms with Crippen molar-refractivity contribution in [1.82, 2.24) is 5.32 Å². The van der Waals surface area contributed by atoms with Gasteiger partial charge in [-0.3, -0.25) is 4.79 Å². The fourth-order valence-electron chi connectivity index (χ4n) is 0.637. The normalized spacial score (nSPS) is 9.83. The van der Waals surface area contributed by atoms with Gasteiger partial charge in [0.1, 0.15) is 6.61 Å². The lowest BCUT2D eigenvalue weighted by Crippen LogP contribution is -2.28. The molecule has 0 unspecified atom stereocenters. The molecule has 1 N–H and O–H groups in total. The number of rotatable bonds is 7. The number of halogens is 1. The molecule has 0 fully saturated rings. The maximum atomic E-state index is 10.9. The van der Waals surface area contributed by atoms with E-state index in [2.05, 4.69) is 21.2 Å². The predicted molar refractivity (Wildman–Crippen MR) is 52.5 cm³/mol. The van der Waals surface area contributed by atoms with E-state index in [1.807, 2.05) is 6.92 Å². The first-order valence-electron chi connectivity index (χ1n) is 4.21. The van der Waals surface area contributed by atoms with Crippen LogP contribution in [0.15, 0.2) is 0 Å². The highest BCUT2D eigenvalue weighted by Gasteiger charge is 1.98. The Morgan fingerprint density at radius 1 is 1.58 bits per heavy atom. The highest BCUT2D eigenvalue weighted by atomic mass is 79.9. The molecule has 0 rings (SSSR count). The number of nitrogens with one attached hydrogen (secondary N) is 1. The van der Waals surface area contributed by atoms with Gasteiger partial charge in [-0.25, -0.2) is 0 Å². The highest BCUT2D eigenvalue weighted by molar-refractivity contribution is 9.09. The zero-order chi connectivity index (χ0) is 9.23. The van der Waals surface area contributed by atoms with E-state index < -0.39 is 0 Å². The van der Waals surface area contributed by atoms with Gasteiger partial charge >= 0.3 is 0 Å². The van der Waals surface area contributed by atoms with Crippen molar-refractivity contribution in [2.24, 2.45) is 0 Å². The van der Waals surface area contributed by atoms with E-state index in [9.17, 15) is 4.79 Å². The third kappa shape index (κ3) is 8.01. The van der Waals surface area contributed by atoms with Crippen molar-refractivity contribution in [3.8, 4) is 0 Å². The molecule has 0 aromatic carbocycles. The smallest absolute Gasteiger partial charge is 0.245 e. The maximum Gasteiger partial charge on any atom is 0.245 e. The van der Waals surface area contributed by atoms with Gasteiger partial charge in [-0.1, -0.05) is 22.9 Å². The van der Waals surface area contributed by atoms with Gasteiger partial charge in [0.2, 0.25) is 5.91 Å². The lowest BCUT2D eigenvalue weighted by atomic mass is 10.4. The zero-order valence-corrected chi connectivity index (χ0v) is 9.02. The zero-order valence-electron chi connectivity index (χ0n) is 7.44. The summed E-state index contributed by atoms with van der Waals surface area (Å²) in [5.41, 5.74) is 0. The van der Waals surface area contributed by atoms with E-state index in [0.29, 0.717) is 6.61 Å². The average molecular weight is 238 g/mol. The van der Waals surface area contributed by atoms with Gasteiger partial charge in [0.25, 0.3) is 0 Å². The Kier molecular flexibility index (Phi) is 8.93. The fourth-order valence-corrected chi connectivity index (χ4v) is 0.866. The van der Waals surface area contributed by atoms with Crippen LogP contribution in [0.4, 0.5) is 0 Å². The Bertz CT molecular complexity index is 120. The molecular weight excluding hydrogens is 222 g/mol. The van der Waals surface area contributed by atoms with Gasteiger partial charge in [-0.15, -0.1) is 0 Å². The molecule has 0 bridgehead atoms. The van der Waals surface area contributed by atoms with Gasteiger partial charge in [0, 0.05) is 18.5 Å². The van der Waals surface area contributed by atoms with Crippen molar-refractivity contribution in [1.29, 1.82) is 0 Å². The SMILES string of the molecule is CCCNC(=O)COCCCBr. The Balaban J connectivity index is 3.08. The van der Waals surface area contributed by atoms with Crippen LogP contribution in [0.1, 0.15) is 19.8 Å². The molecule has 0 aromatic rings. The Hall–Kier alpha value is -0.0900. The molecule has 0 atom stereocenters.